The Hall–Kier alpha value is -0.570. The zero-order valence-corrected chi connectivity index (χ0v) is 9.80. The summed E-state index contributed by atoms with van der Waals surface area (Å²) in [7, 11) is 0. The standard InChI is InChI=1S/C12H18ClNO/c1-2-3-8-12(14,9-15)10-6-4-5-7-11(10)13/h4-7,15H,2-3,8-9,14H2,1H3/t12-/m1/s1. The average Bonchev–Trinajstić information content (AvgIpc) is 2.26. The Labute approximate surface area is 96.1 Å². The fraction of sp³-hybridized carbons (Fsp3) is 0.500. The Morgan fingerprint density at radius 1 is 1.40 bits per heavy atom. The molecule has 0 radical (unpaired) electrons. The van der Waals surface area contributed by atoms with Gasteiger partial charge in [0.05, 0.1) is 12.1 Å². The average molecular weight is 228 g/mol. The van der Waals surface area contributed by atoms with Gasteiger partial charge in [-0.15, -0.1) is 0 Å². The SMILES string of the molecule is CCCC[C@@](N)(CO)c1ccccc1Cl. The van der Waals surface area contributed by atoms with Gasteiger partial charge in [0.1, 0.15) is 0 Å². The van der Waals surface area contributed by atoms with E-state index >= 15 is 0 Å². The van der Waals surface area contributed by atoms with E-state index in [0.29, 0.717) is 5.02 Å². The van der Waals surface area contributed by atoms with Crippen molar-refractivity contribution in [2.75, 3.05) is 6.61 Å². The third-order valence-electron chi connectivity index (χ3n) is 2.67. The second-order valence-corrected chi connectivity index (χ2v) is 4.30. The van der Waals surface area contributed by atoms with Crippen molar-refractivity contribution in [3.8, 4) is 0 Å². The van der Waals surface area contributed by atoms with Gasteiger partial charge in [-0.05, 0) is 18.1 Å². The molecule has 2 nitrogen and oxygen atoms in total. The van der Waals surface area contributed by atoms with Crippen molar-refractivity contribution in [2.45, 2.75) is 31.7 Å². The van der Waals surface area contributed by atoms with Gasteiger partial charge in [-0.2, -0.15) is 0 Å². The molecular formula is C12H18ClNO. The maximum Gasteiger partial charge on any atom is 0.0658 e. The van der Waals surface area contributed by atoms with Crippen LogP contribution in [0.2, 0.25) is 5.02 Å². The summed E-state index contributed by atoms with van der Waals surface area (Å²) in [5, 5.41) is 10.0. The van der Waals surface area contributed by atoms with Crippen LogP contribution >= 0.6 is 11.6 Å². The lowest BCUT2D eigenvalue weighted by molar-refractivity contribution is 0.185. The molecule has 84 valence electrons. The van der Waals surface area contributed by atoms with Crippen molar-refractivity contribution < 1.29 is 5.11 Å². The van der Waals surface area contributed by atoms with Crippen LogP contribution in [0.3, 0.4) is 0 Å². The number of aliphatic hydroxyl groups is 1. The number of hydrogen-bond donors (Lipinski definition) is 2. The number of halogens is 1. The summed E-state index contributed by atoms with van der Waals surface area (Å²) in [6.45, 7) is 2.03. The van der Waals surface area contributed by atoms with Crippen LogP contribution in [0.15, 0.2) is 24.3 Å². The third kappa shape index (κ3) is 2.94. The zero-order chi connectivity index (χ0) is 11.3. The molecule has 0 spiro atoms. The van der Waals surface area contributed by atoms with Gasteiger partial charge in [0.2, 0.25) is 0 Å². The van der Waals surface area contributed by atoms with Crippen LogP contribution in [0, 0.1) is 0 Å². The number of nitrogens with two attached hydrogens (primary N) is 1. The first-order valence-corrected chi connectivity index (χ1v) is 5.66. The predicted octanol–water partition coefficient (Wildman–Crippen LogP) is 2.68. The van der Waals surface area contributed by atoms with Crippen molar-refractivity contribution >= 4 is 11.6 Å². The molecule has 15 heavy (non-hydrogen) atoms. The van der Waals surface area contributed by atoms with Crippen LogP contribution in [0.25, 0.3) is 0 Å². The van der Waals surface area contributed by atoms with Crippen molar-refractivity contribution in [3.05, 3.63) is 34.9 Å². The molecule has 0 aliphatic rings. The van der Waals surface area contributed by atoms with E-state index < -0.39 is 5.54 Å². The predicted molar refractivity (Wildman–Crippen MR) is 63.9 cm³/mol. The van der Waals surface area contributed by atoms with Crippen molar-refractivity contribution in [3.63, 3.8) is 0 Å². The van der Waals surface area contributed by atoms with E-state index in [1.54, 1.807) is 6.07 Å². The smallest absolute Gasteiger partial charge is 0.0658 e. The number of hydrogen-bond acceptors (Lipinski definition) is 2. The minimum atomic E-state index is -0.700. The highest BCUT2D eigenvalue weighted by Gasteiger charge is 2.27. The normalized spacial score (nSPS) is 14.9. The molecule has 0 fully saturated rings. The zero-order valence-electron chi connectivity index (χ0n) is 9.04. The van der Waals surface area contributed by atoms with E-state index in [1.807, 2.05) is 18.2 Å². The molecule has 0 aliphatic carbocycles. The van der Waals surface area contributed by atoms with Gasteiger partial charge in [-0.25, -0.2) is 0 Å². The van der Waals surface area contributed by atoms with Crippen LogP contribution in [0.4, 0.5) is 0 Å². The molecule has 0 bridgehead atoms. The molecule has 0 saturated heterocycles. The summed E-state index contributed by atoms with van der Waals surface area (Å²) in [4.78, 5) is 0. The molecule has 0 aliphatic heterocycles. The maximum absolute atomic E-state index is 9.41. The first kappa shape index (κ1) is 12.5. The first-order chi connectivity index (χ1) is 7.14. The van der Waals surface area contributed by atoms with Crippen LogP contribution in [0.5, 0.6) is 0 Å². The molecule has 1 rings (SSSR count). The summed E-state index contributed by atoms with van der Waals surface area (Å²) in [6, 6.07) is 7.45. The third-order valence-corrected chi connectivity index (χ3v) is 3.00. The highest BCUT2D eigenvalue weighted by molar-refractivity contribution is 6.31. The molecular weight excluding hydrogens is 210 g/mol. The van der Waals surface area contributed by atoms with Gasteiger partial charge in [0, 0.05) is 5.02 Å². The van der Waals surface area contributed by atoms with Crippen LogP contribution in [-0.2, 0) is 5.54 Å². The minimum Gasteiger partial charge on any atom is -0.394 e. The topological polar surface area (TPSA) is 46.2 Å². The maximum atomic E-state index is 9.41. The second kappa shape index (κ2) is 5.50. The summed E-state index contributed by atoms with van der Waals surface area (Å²) >= 11 is 6.08. The number of rotatable bonds is 5. The van der Waals surface area contributed by atoms with Gasteiger partial charge < -0.3 is 10.8 Å². The molecule has 3 heteroatoms. The number of benzene rings is 1. The summed E-state index contributed by atoms with van der Waals surface area (Å²) in [6.07, 6.45) is 2.80. The van der Waals surface area contributed by atoms with Crippen LogP contribution in [0.1, 0.15) is 31.7 Å². The fourth-order valence-electron chi connectivity index (χ4n) is 1.66. The van der Waals surface area contributed by atoms with E-state index in [-0.39, 0.29) is 6.61 Å². The van der Waals surface area contributed by atoms with Crippen LogP contribution < -0.4 is 5.73 Å². The van der Waals surface area contributed by atoms with E-state index in [9.17, 15) is 5.11 Å². The van der Waals surface area contributed by atoms with E-state index in [1.165, 1.54) is 0 Å². The Bertz CT molecular complexity index is 316. The molecule has 3 N–H and O–H groups in total. The quantitative estimate of drug-likeness (QED) is 0.813. The number of unbranched alkanes of at least 4 members (excludes halogenated alkanes) is 1. The Morgan fingerprint density at radius 3 is 2.60 bits per heavy atom. The Kier molecular flexibility index (Phi) is 4.58. The highest BCUT2D eigenvalue weighted by Crippen LogP contribution is 2.29. The Morgan fingerprint density at radius 2 is 2.07 bits per heavy atom. The molecule has 1 aromatic rings. The molecule has 0 heterocycles. The van der Waals surface area contributed by atoms with Gasteiger partial charge in [0.25, 0.3) is 0 Å². The molecule has 1 aromatic carbocycles. The highest BCUT2D eigenvalue weighted by atomic mass is 35.5. The molecule has 0 unspecified atom stereocenters. The van der Waals surface area contributed by atoms with Crippen LogP contribution in [-0.4, -0.2) is 11.7 Å². The van der Waals surface area contributed by atoms with Gasteiger partial charge in [-0.3, -0.25) is 0 Å². The van der Waals surface area contributed by atoms with E-state index in [2.05, 4.69) is 6.92 Å². The van der Waals surface area contributed by atoms with Crippen molar-refractivity contribution in [2.24, 2.45) is 5.73 Å². The summed E-state index contributed by atoms with van der Waals surface area (Å²) in [5.41, 5.74) is 6.31. The monoisotopic (exact) mass is 227 g/mol. The van der Waals surface area contributed by atoms with Gasteiger partial charge in [0.15, 0.2) is 0 Å². The Balaban J connectivity index is 2.95. The van der Waals surface area contributed by atoms with Gasteiger partial charge in [-0.1, -0.05) is 49.6 Å². The molecule has 1 atom stereocenters. The lowest BCUT2D eigenvalue weighted by Gasteiger charge is -2.28. The van der Waals surface area contributed by atoms with Crippen molar-refractivity contribution in [1.82, 2.24) is 0 Å². The summed E-state index contributed by atoms with van der Waals surface area (Å²) in [5.74, 6) is 0. The number of aliphatic hydroxyl groups excluding tert-OH is 1. The lowest BCUT2D eigenvalue weighted by Crippen LogP contribution is -2.40. The van der Waals surface area contributed by atoms with E-state index in [0.717, 1.165) is 24.8 Å². The molecule has 0 saturated carbocycles. The lowest BCUT2D eigenvalue weighted by atomic mass is 9.87. The first-order valence-electron chi connectivity index (χ1n) is 5.29. The van der Waals surface area contributed by atoms with Gasteiger partial charge >= 0.3 is 0 Å². The summed E-state index contributed by atoms with van der Waals surface area (Å²) < 4.78 is 0. The largest absolute Gasteiger partial charge is 0.394 e. The van der Waals surface area contributed by atoms with E-state index in [4.69, 9.17) is 17.3 Å². The fourth-order valence-corrected chi connectivity index (χ4v) is 1.98. The molecule has 0 amide bonds. The second-order valence-electron chi connectivity index (χ2n) is 3.90. The van der Waals surface area contributed by atoms with Crippen molar-refractivity contribution in [1.29, 1.82) is 0 Å². The minimum absolute atomic E-state index is 0.0727. The molecule has 0 aromatic heterocycles.